The highest BCUT2D eigenvalue weighted by Crippen LogP contribution is 2.50. The van der Waals surface area contributed by atoms with Crippen molar-refractivity contribution in [2.24, 2.45) is 11.8 Å². The van der Waals surface area contributed by atoms with Crippen LogP contribution in [0.3, 0.4) is 0 Å². The average molecular weight is 366 g/mol. The zero-order valence-electron chi connectivity index (χ0n) is 17.1. The van der Waals surface area contributed by atoms with E-state index in [0.717, 1.165) is 32.1 Å². The second-order valence-corrected chi connectivity index (χ2v) is 8.22. The first kappa shape index (κ1) is 20.1. The predicted octanol–water partition coefficient (Wildman–Crippen LogP) is 6.05. The number of unbranched alkanes of at least 4 members (excludes halogenated alkanes) is 1. The Morgan fingerprint density at radius 1 is 0.852 bits per heavy atom. The molecule has 146 valence electrons. The van der Waals surface area contributed by atoms with Crippen LogP contribution < -0.4 is 5.32 Å². The molecule has 1 heterocycles. The van der Waals surface area contributed by atoms with Gasteiger partial charge in [0.1, 0.15) is 0 Å². The minimum absolute atomic E-state index is 0.159. The van der Waals surface area contributed by atoms with Gasteiger partial charge in [0.25, 0.3) is 0 Å². The molecule has 2 N–H and O–H groups in total. The lowest BCUT2D eigenvalue weighted by Crippen LogP contribution is -2.58. The van der Waals surface area contributed by atoms with Crippen molar-refractivity contribution in [2.75, 3.05) is 0 Å². The molecule has 2 nitrogen and oxygen atoms in total. The fraction of sp³-hybridized carbons (Fsp3) is 0.520. The monoisotopic (exact) mass is 365 g/mol. The van der Waals surface area contributed by atoms with Gasteiger partial charge in [-0.05, 0) is 24.0 Å². The average Bonchev–Trinajstić information content (AvgIpc) is 2.72. The lowest BCUT2D eigenvalue weighted by Gasteiger charge is -2.53. The van der Waals surface area contributed by atoms with Gasteiger partial charge in [-0.1, -0.05) is 101 Å². The quantitative estimate of drug-likeness (QED) is 0.626. The van der Waals surface area contributed by atoms with E-state index < -0.39 is 5.60 Å². The molecule has 3 rings (SSSR count). The molecule has 2 aromatic carbocycles. The van der Waals surface area contributed by atoms with Crippen molar-refractivity contribution in [1.82, 2.24) is 5.32 Å². The number of benzene rings is 2. The van der Waals surface area contributed by atoms with Crippen molar-refractivity contribution in [3.05, 3.63) is 71.8 Å². The Bertz CT molecular complexity index is 686. The van der Waals surface area contributed by atoms with Crippen molar-refractivity contribution in [3.8, 4) is 0 Å². The lowest BCUT2D eigenvalue weighted by molar-refractivity contribution is -0.125. The van der Waals surface area contributed by atoms with Crippen LogP contribution in [0.5, 0.6) is 0 Å². The van der Waals surface area contributed by atoms with Gasteiger partial charge >= 0.3 is 0 Å². The van der Waals surface area contributed by atoms with Crippen LogP contribution in [0.2, 0.25) is 0 Å². The maximum absolute atomic E-state index is 12.1. The van der Waals surface area contributed by atoms with Crippen LogP contribution in [0, 0.1) is 11.8 Å². The standard InChI is InChI=1S/C25H35NO/c1-4-6-18-25(27)19(3)23(20-14-9-7-10-15-20)26-24(22(25)13-5-2)21-16-11-8-12-17-21/h7-12,14-17,19,22-24,26-27H,4-6,13,18H2,1-3H3/t19-,22-,23+,24+,25-/m0/s1. The third-order valence-electron chi connectivity index (χ3n) is 6.54. The molecular weight excluding hydrogens is 330 g/mol. The summed E-state index contributed by atoms with van der Waals surface area (Å²) in [7, 11) is 0. The molecule has 1 aliphatic heterocycles. The number of nitrogens with one attached hydrogen (secondary N) is 1. The highest BCUT2D eigenvalue weighted by molar-refractivity contribution is 5.28. The molecule has 0 saturated carbocycles. The van der Waals surface area contributed by atoms with Gasteiger partial charge in [0.05, 0.1) is 5.60 Å². The second-order valence-electron chi connectivity index (χ2n) is 8.22. The molecule has 1 saturated heterocycles. The number of piperidine rings is 1. The smallest absolute Gasteiger partial charge is 0.0737 e. The molecule has 1 fully saturated rings. The summed E-state index contributed by atoms with van der Waals surface area (Å²) in [5.41, 5.74) is 1.91. The number of hydrogen-bond acceptors (Lipinski definition) is 2. The van der Waals surface area contributed by atoms with Crippen LogP contribution in [0.1, 0.15) is 76.1 Å². The third kappa shape index (κ3) is 4.12. The predicted molar refractivity (Wildman–Crippen MR) is 114 cm³/mol. The van der Waals surface area contributed by atoms with E-state index in [1.165, 1.54) is 11.1 Å². The van der Waals surface area contributed by atoms with Crippen molar-refractivity contribution >= 4 is 0 Å². The zero-order valence-corrected chi connectivity index (χ0v) is 17.1. The van der Waals surface area contributed by atoms with Gasteiger partial charge < -0.3 is 10.4 Å². The van der Waals surface area contributed by atoms with E-state index >= 15 is 0 Å². The zero-order chi connectivity index (χ0) is 19.3. The highest BCUT2D eigenvalue weighted by atomic mass is 16.3. The fourth-order valence-electron chi connectivity index (χ4n) is 5.00. The van der Waals surface area contributed by atoms with Crippen LogP contribution in [-0.4, -0.2) is 10.7 Å². The number of aliphatic hydroxyl groups is 1. The normalized spacial score (nSPS) is 31.0. The van der Waals surface area contributed by atoms with E-state index in [0.29, 0.717) is 0 Å². The number of rotatable bonds is 7. The third-order valence-corrected chi connectivity index (χ3v) is 6.54. The Balaban J connectivity index is 2.05. The summed E-state index contributed by atoms with van der Waals surface area (Å²) in [6.45, 7) is 6.69. The van der Waals surface area contributed by atoms with Crippen LogP contribution in [0.25, 0.3) is 0 Å². The molecule has 2 aromatic rings. The molecular formula is C25H35NO. The fourth-order valence-corrected chi connectivity index (χ4v) is 5.00. The molecule has 1 aliphatic rings. The summed E-state index contributed by atoms with van der Waals surface area (Å²) in [6, 6.07) is 21.7. The summed E-state index contributed by atoms with van der Waals surface area (Å²) >= 11 is 0. The van der Waals surface area contributed by atoms with Gasteiger partial charge in [0.15, 0.2) is 0 Å². The Morgan fingerprint density at radius 3 is 1.93 bits per heavy atom. The maximum Gasteiger partial charge on any atom is 0.0737 e. The van der Waals surface area contributed by atoms with Gasteiger partial charge in [-0.3, -0.25) is 0 Å². The van der Waals surface area contributed by atoms with Gasteiger partial charge in [0, 0.05) is 23.9 Å². The summed E-state index contributed by atoms with van der Waals surface area (Å²) in [5, 5.41) is 16.0. The summed E-state index contributed by atoms with van der Waals surface area (Å²) in [6.07, 6.45) is 5.20. The SMILES string of the molecule is CCCC[C@]1(O)[C@@H](C)[C@H](c2ccccc2)N[C@H](c2ccccc2)[C@@H]1CCC. The maximum atomic E-state index is 12.1. The van der Waals surface area contributed by atoms with Crippen LogP contribution in [-0.2, 0) is 0 Å². The van der Waals surface area contributed by atoms with E-state index in [1.54, 1.807) is 0 Å². The van der Waals surface area contributed by atoms with E-state index in [9.17, 15) is 5.11 Å². The topological polar surface area (TPSA) is 32.3 Å². The molecule has 0 aromatic heterocycles. The van der Waals surface area contributed by atoms with Crippen molar-refractivity contribution in [2.45, 2.75) is 70.6 Å². The Morgan fingerprint density at radius 2 is 1.41 bits per heavy atom. The Hall–Kier alpha value is -1.64. The van der Waals surface area contributed by atoms with Crippen LogP contribution in [0.15, 0.2) is 60.7 Å². The van der Waals surface area contributed by atoms with Gasteiger partial charge in [-0.2, -0.15) is 0 Å². The first-order valence-corrected chi connectivity index (χ1v) is 10.7. The molecule has 0 aliphatic carbocycles. The van der Waals surface area contributed by atoms with Crippen LogP contribution >= 0.6 is 0 Å². The van der Waals surface area contributed by atoms with E-state index in [-0.39, 0.29) is 23.9 Å². The molecule has 0 radical (unpaired) electrons. The Labute approximate surface area is 165 Å². The molecule has 0 bridgehead atoms. The van der Waals surface area contributed by atoms with E-state index in [4.69, 9.17) is 0 Å². The van der Waals surface area contributed by atoms with E-state index in [2.05, 4.69) is 86.8 Å². The molecule has 27 heavy (non-hydrogen) atoms. The highest BCUT2D eigenvalue weighted by Gasteiger charge is 2.51. The van der Waals surface area contributed by atoms with Gasteiger partial charge in [-0.15, -0.1) is 0 Å². The molecule has 0 spiro atoms. The molecule has 2 heteroatoms. The molecule has 5 atom stereocenters. The largest absolute Gasteiger partial charge is 0.389 e. The van der Waals surface area contributed by atoms with Gasteiger partial charge in [-0.25, -0.2) is 0 Å². The van der Waals surface area contributed by atoms with Gasteiger partial charge in [0.2, 0.25) is 0 Å². The first-order chi connectivity index (χ1) is 13.1. The Kier molecular flexibility index (Phi) is 6.73. The molecule has 0 unspecified atom stereocenters. The summed E-state index contributed by atoms with van der Waals surface area (Å²) in [4.78, 5) is 0. The van der Waals surface area contributed by atoms with Crippen molar-refractivity contribution in [1.29, 1.82) is 0 Å². The minimum atomic E-state index is -0.654. The van der Waals surface area contributed by atoms with Crippen molar-refractivity contribution < 1.29 is 5.11 Å². The van der Waals surface area contributed by atoms with Crippen LogP contribution in [0.4, 0.5) is 0 Å². The second kappa shape index (κ2) is 9.03. The first-order valence-electron chi connectivity index (χ1n) is 10.7. The van der Waals surface area contributed by atoms with E-state index in [1.807, 2.05) is 0 Å². The minimum Gasteiger partial charge on any atom is -0.389 e. The lowest BCUT2D eigenvalue weighted by atomic mass is 9.62. The molecule has 0 amide bonds. The number of hydrogen-bond donors (Lipinski definition) is 2. The summed E-state index contributed by atoms with van der Waals surface area (Å²) < 4.78 is 0. The van der Waals surface area contributed by atoms with Crippen molar-refractivity contribution in [3.63, 3.8) is 0 Å². The summed E-state index contributed by atoms with van der Waals surface area (Å²) in [5.74, 6) is 0.398.